The van der Waals surface area contributed by atoms with Crippen LogP contribution < -0.4 is 10.5 Å². The molecule has 0 saturated carbocycles. The Labute approximate surface area is 120 Å². The second-order valence-electron chi connectivity index (χ2n) is 4.21. The minimum absolute atomic E-state index is 0.0367. The van der Waals surface area contributed by atoms with Gasteiger partial charge in [-0.2, -0.15) is 5.26 Å². The zero-order chi connectivity index (χ0) is 13.8. The van der Waals surface area contributed by atoms with Crippen LogP contribution in [0.15, 0.2) is 46.9 Å². The van der Waals surface area contributed by atoms with Crippen LogP contribution in [0.3, 0.4) is 0 Å². The first-order valence-corrected chi connectivity index (χ1v) is 6.62. The van der Waals surface area contributed by atoms with E-state index in [0.29, 0.717) is 17.1 Å². The van der Waals surface area contributed by atoms with Crippen molar-refractivity contribution in [1.29, 1.82) is 5.26 Å². The lowest BCUT2D eigenvalue weighted by atomic mass is 10.1. The Morgan fingerprint density at radius 3 is 2.58 bits per heavy atom. The molecule has 96 valence electrons. The molecule has 0 aromatic heterocycles. The number of halogens is 1. The summed E-state index contributed by atoms with van der Waals surface area (Å²) in [7, 11) is 0. The Morgan fingerprint density at radius 2 is 1.95 bits per heavy atom. The third-order valence-corrected chi connectivity index (χ3v) is 3.35. The van der Waals surface area contributed by atoms with Crippen molar-refractivity contribution >= 4 is 15.9 Å². The molecule has 3 nitrogen and oxygen atoms in total. The zero-order valence-corrected chi connectivity index (χ0v) is 12.0. The molecule has 2 rings (SSSR count). The van der Waals surface area contributed by atoms with Gasteiger partial charge in [0.1, 0.15) is 11.5 Å². The second kappa shape index (κ2) is 5.87. The zero-order valence-electron chi connectivity index (χ0n) is 10.4. The van der Waals surface area contributed by atoms with Gasteiger partial charge in [-0.1, -0.05) is 28.1 Å². The molecular weight excluding hydrogens is 304 g/mol. The predicted molar refractivity (Wildman–Crippen MR) is 78.0 cm³/mol. The van der Waals surface area contributed by atoms with E-state index in [1.54, 1.807) is 18.2 Å². The number of nitriles is 1. The Bertz CT molecular complexity index is 632. The van der Waals surface area contributed by atoms with Crippen LogP contribution >= 0.6 is 15.9 Å². The highest BCUT2D eigenvalue weighted by Crippen LogP contribution is 2.29. The molecule has 0 bridgehead atoms. The van der Waals surface area contributed by atoms with Crippen molar-refractivity contribution in [2.24, 2.45) is 5.73 Å². The van der Waals surface area contributed by atoms with Crippen molar-refractivity contribution in [3.8, 4) is 17.6 Å². The maximum Gasteiger partial charge on any atom is 0.128 e. The van der Waals surface area contributed by atoms with Crippen LogP contribution in [0.25, 0.3) is 0 Å². The molecule has 0 amide bonds. The first-order chi connectivity index (χ1) is 9.10. The number of rotatable bonds is 3. The van der Waals surface area contributed by atoms with E-state index in [2.05, 4.69) is 22.0 Å². The molecule has 1 unspecified atom stereocenters. The molecule has 0 heterocycles. The Balaban J connectivity index is 2.24. The van der Waals surface area contributed by atoms with Crippen LogP contribution in [0.5, 0.6) is 11.5 Å². The summed E-state index contributed by atoms with van der Waals surface area (Å²) < 4.78 is 6.63. The van der Waals surface area contributed by atoms with Crippen LogP contribution in [-0.4, -0.2) is 0 Å². The molecule has 0 spiro atoms. The second-order valence-corrected chi connectivity index (χ2v) is 5.07. The van der Waals surface area contributed by atoms with Gasteiger partial charge in [-0.25, -0.2) is 0 Å². The fraction of sp³-hybridized carbons (Fsp3) is 0.133. The van der Waals surface area contributed by atoms with Gasteiger partial charge in [0, 0.05) is 10.5 Å². The summed E-state index contributed by atoms with van der Waals surface area (Å²) in [6.45, 7) is 1.93. The molecular formula is C15H13BrN2O. The minimum atomic E-state index is -0.0367. The van der Waals surface area contributed by atoms with Gasteiger partial charge in [-0.15, -0.1) is 0 Å². The number of hydrogen-bond acceptors (Lipinski definition) is 3. The number of nitrogens with zero attached hydrogens (tertiary/aromatic N) is 1. The third-order valence-electron chi connectivity index (χ3n) is 2.66. The van der Waals surface area contributed by atoms with Crippen molar-refractivity contribution < 1.29 is 4.74 Å². The van der Waals surface area contributed by atoms with Crippen molar-refractivity contribution in [1.82, 2.24) is 0 Å². The van der Waals surface area contributed by atoms with Gasteiger partial charge >= 0.3 is 0 Å². The lowest BCUT2D eigenvalue weighted by Gasteiger charge is -2.11. The summed E-state index contributed by atoms with van der Waals surface area (Å²) in [5, 5.41) is 8.84. The number of benzene rings is 2. The molecule has 4 heteroatoms. The predicted octanol–water partition coefficient (Wildman–Crippen LogP) is 4.13. The van der Waals surface area contributed by atoms with Gasteiger partial charge in [-0.05, 0) is 42.8 Å². The number of ether oxygens (including phenoxy) is 1. The maximum absolute atomic E-state index is 8.84. The maximum atomic E-state index is 8.84. The van der Waals surface area contributed by atoms with Gasteiger partial charge in [0.15, 0.2) is 0 Å². The molecule has 2 aromatic rings. The monoisotopic (exact) mass is 316 g/mol. The number of hydrogen-bond donors (Lipinski definition) is 1. The van der Waals surface area contributed by atoms with Crippen molar-refractivity contribution in [3.05, 3.63) is 58.1 Å². The molecule has 19 heavy (non-hydrogen) atoms. The summed E-state index contributed by atoms with van der Waals surface area (Å²) in [5.41, 5.74) is 7.45. The first kappa shape index (κ1) is 13.6. The highest BCUT2D eigenvalue weighted by atomic mass is 79.9. The van der Waals surface area contributed by atoms with E-state index >= 15 is 0 Å². The van der Waals surface area contributed by atoms with E-state index in [4.69, 9.17) is 15.7 Å². The van der Waals surface area contributed by atoms with Crippen molar-refractivity contribution in [3.63, 3.8) is 0 Å². The molecule has 0 saturated heterocycles. The smallest absolute Gasteiger partial charge is 0.128 e. The Morgan fingerprint density at radius 1 is 1.21 bits per heavy atom. The minimum Gasteiger partial charge on any atom is -0.457 e. The van der Waals surface area contributed by atoms with E-state index in [9.17, 15) is 0 Å². The van der Waals surface area contributed by atoms with Gasteiger partial charge in [0.05, 0.1) is 11.6 Å². The van der Waals surface area contributed by atoms with E-state index in [1.807, 2.05) is 31.2 Å². The fourth-order valence-electron chi connectivity index (χ4n) is 1.71. The molecule has 0 aliphatic carbocycles. The van der Waals surface area contributed by atoms with Crippen LogP contribution in [-0.2, 0) is 0 Å². The lowest BCUT2D eigenvalue weighted by molar-refractivity contribution is 0.481. The lowest BCUT2D eigenvalue weighted by Crippen LogP contribution is -2.05. The van der Waals surface area contributed by atoms with Crippen LogP contribution in [0.4, 0.5) is 0 Å². The van der Waals surface area contributed by atoms with Gasteiger partial charge in [0.2, 0.25) is 0 Å². The van der Waals surface area contributed by atoms with Crippen molar-refractivity contribution in [2.75, 3.05) is 0 Å². The standard InChI is InChI=1S/C15H13BrN2O/c1-10(18)14-6-5-13(8-15(14)16)19-12-4-2-3-11(7-12)9-17/h2-8,10H,18H2,1H3. The van der Waals surface area contributed by atoms with E-state index in [1.165, 1.54) is 0 Å². The summed E-state index contributed by atoms with van der Waals surface area (Å²) in [5.74, 6) is 1.34. The molecule has 1 atom stereocenters. The quantitative estimate of drug-likeness (QED) is 0.926. The van der Waals surface area contributed by atoms with Crippen molar-refractivity contribution in [2.45, 2.75) is 13.0 Å². The molecule has 0 aliphatic rings. The molecule has 0 aliphatic heterocycles. The Hall–Kier alpha value is -1.83. The SMILES string of the molecule is CC(N)c1ccc(Oc2cccc(C#N)c2)cc1Br. The van der Waals surface area contributed by atoms with E-state index < -0.39 is 0 Å². The summed E-state index contributed by atoms with van der Waals surface area (Å²) in [6, 6.07) is 14.8. The summed E-state index contributed by atoms with van der Waals surface area (Å²) in [6.07, 6.45) is 0. The average Bonchev–Trinajstić information content (AvgIpc) is 2.38. The Kier molecular flexibility index (Phi) is 4.20. The van der Waals surface area contributed by atoms with Gasteiger partial charge < -0.3 is 10.5 Å². The highest BCUT2D eigenvalue weighted by molar-refractivity contribution is 9.10. The van der Waals surface area contributed by atoms with Crippen LogP contribution in [0.1, 0.15) is 24.1 Å². The summed E-state index contributed by atoms with van der Waals surface area (Å²) >= 11 is 3.48. The van der Waals surface area contributed by atoms with E-state index in [-0.39, 0.29) is 6.04 Å². The first-order valence-electron chi connectivity index (χ1n) is 5.83. The van der Waals surface area contributed by atoms with Gasteiger partial charge in [-0.3, -0.25) is 0 Å². The van der Waals surface area contributed by atoms with E-state index in [0.717, 1.165) is 10.0 Å². The van der Waals surface area contributed by atoms with Crippen LogP contribution in [0, 0.1) is 11.3 Å². The summed E-state index contributed by atoms with van der Waals surface area (Å²) in [4.78, 5) is 0. The molecule has 2 aromatic carbocycles. The molecule has 0 fully saturated rings. The molecule has 0 radical (unpaired) electrons. The molecule has 2 N–H and O–H groups in total. The fourth-order valence-corrected chi connectivity index (χ4v) is 2.42. The average molecular weight is 317 g/mol. The van der Waals surface area contributed by atoms with Crippen LogP contribution in [0.2, 0.25) is 0 Å². The normalized spacial score (nSPS) is 11.7. The number of nitrogens with two attached hydrogens (primary N) is 1. The third kappa shape index (κ3) is 3.34. The highest BCUT2D eigenvalue weighted by Gasteiger charge is 2.07. The topological polar surface area (TPSA) is 59.0 Å². The largest absolute Gasteiger partial charge is 0.457 e. The van der Waals surface area contributed by atoms with Gasteiger partial charge in [0.25, 0.3) is 0 Å².